The van der Waals surface area contributed by atoms with E-state index < -0.39 is 53.5 Å². The maximum Gasteiger partial charge on any atom is 0.419 e. The molecule has 1 aliphatic carbocycles. The Morgan fingerprint density at radius 3 is 2.40 bits per heavy atom. The quantitative estimate of drug-likeness (QED) is 0.705. The number of halogens is 7. The van der Waals surface area contributed by atoms with Gasteiger partial charge in [0.1, 0.15) is 12.4 Å². The SMILES string of the molecule is O=C1CN(C(=O)N[C@H](c2ccc(F)c(C(F)(F)F)c2)C2CC(C(F)(F)F)C2)CCN1. The van der Waals surface area contributed by atoms with Crippen LogP contribution in [0.25, 0.3) is 0 Å². The number of piperazine rings is 1. The first-order valence-corrected chi connectivity index (χ1v) is 9.11. The Morgan fingerprint density at radius 2 is 1.83 bits per heavy atom. The summed E-state index contributed by atoms with van der Waals surface area (Å²) in [6, 6.07) is 0.112. The number of carbonyl (C=O) groups is 2. The molecule has 1 heterocycles. The van der Waals surface area contributed by atoms with Crippen LogP contribution in [0.15, 0.2) is 18.2 Å². The molecule has 1 aliphatic heterocycles. The third-order valence-corrected chi connectivity index (χ3v) is 5.37. The molecule has 166 valence electrons. The second-order valence-corrected chi connectivity index (χ2v) is 7.41. The topological polar surface area (TPSA) is 61.4 Å². The standard InChI is InChI=1S/C18H18F7N3O2/c19-13-2-1-9(7-12(13)18(23,24)25)15(10-5-11(6-10)17(20,21)22)27-16(30)28-4-3-26-14(29)8-28/h1-2,7,10-11,15H,3-6,8H2,(H,26,29)(H,27,30)/t10?,11?,15-/m1/s1. The highest BCUT2D eigenvalue weighted by atomic mass is 19.4. The average molecular weight is 441 g/mol. The number of urea groups is 1. The Balaban J connectivity index is 1.85. The van der Waals surface area contributed by atoms with Gasteiger partial charge in [-0.1, -0.05) is 6.07 Å². The molecule has 0 radical (unpaired) electrons. The minimum atomic E-state index is -5.01. The van der Waals surface area contributed by atoms with Crippen molar-refractivity contribution in [2.75, 3.05) is 19.6 Å². The summed E-state index contributed by atoms with van der Waals surface area (Å²) >= 11 is 0. The second kappa shape index (κ2) is 7.95. The smallest absolute Gasteiger partial charge is 0.353 e. The summed E-state index contributed by atoms with van der Waals surface area (Å²) in [7, 11) is 0. The lowest BCUT2D eigenvalue weighted by molar-refractivity contribution is -0.206. The maximum atomic E-state index is 13.6. The highest BCUT2D eigenvalue weighted by Gasteiger charge is 2.50. The van der Waals surface area contributed by atoms with Crippen molar-refractivity contribution in [3.05, 3.63) is 35.1 Å². The van der Waals surface area contributed by atoms with E-state index in [1.54, 1.807) is 0 Å². The first kappa shape index (κ1) is 22.2. The predicted octanol–water partition coefficient (Wildman–Crippen LogP) is 3.62. The van der Waals surface area contributed by atoms with Crippen LogP contribution in [0, 0.1) is 17.7 Å². The Labute approximate surface area is 166 Å². The summed E-state index contributed by atoms with van der Waals surface area (Å²) < 4.78 is 91.5. The largest absolute Gasteiger partial charge is 0.419 e. The van der Waals surface area contributed by atoms with Crippen molar-refractivity contribution in [2.45, 2.75) is 31.2 Å². The summed E-state index contributed by atoms with van der Waals surface area (Å²) in [5.74, 6) is -4.36. The van der Waals surface area contributed by atoms with Crippen molar-refractivity contribution in [1.29, 1.82) is 0 Å². The summed E-state index contributed by atoms with van der Waals surface area (Å²) in [6.45, 7) is 0.0221. The van der Waals surface area contributed by atoms with Crippen molar-refractivity contribution < 1.29 is 40.3 Å². The molecule has 1 atom stereocenters. The molecule has 5 nitrogen and oxygen atoms in total. The number of alkyl halides is 6. The normalized spacial score (nSPS) is 23.4. The molecule has 1 aromatic carbocycles. The van der Waals surface area contributed by atoms with E-state index in [0.29, 0.717) is 12.1 Å². The van der Waals surface area contributed by atoms with Gasteiger partial charge in [0.05, 0.1) is 17.5 Å². The summed E-state index contributed by atoms with van der Waals surface area (Å²) in [5.41, 5.74) is -1.72. The van der Waals surface area contributed by atoms with E-state index in [2.05, 4.69) is 10.6 Å². The van der Waals surface area contributed by atoms with Crippen LogP contribution in [0.3, 0.4) is 0 Å². The van der Waals surface area contributed by atoms with Gasteiger partial charge in [-0.25, -0.2) is 9.18 Å². The number of hydrogen-bond donors (Lipinski definition) is 2. The fourth-order valence-corrected chi connectivity index (χ4v) is 3.66. The van der Waals surface area contributed by atoms with Crippen LogP contribution in [-0.4, -0.2) is 42.6 Å². The summed E-state index contributed by atoms with van der Waals surface area (Å²) in [4.78, 5) is 25.1. The lowest BCUT2D eigenvalue weighted by atomic mass is 9.69. The summed E-state index contributed by atoms with van der Waals surface area (Å²) in [5, 5.41) is 4.94. The first-order chi connectivity index (χ1) is 13.9. The number of rotatable bonds is 3. The van der Waals surface area contributed by atoms with E-state index in [0.717, 1.165) is 11.0 Å². The molecular formula is C18H18F7N3O2. The lowest BCUT2D eigenvalue weighted by Gasteiger charge is -2.42. The molecule has 30 heavy (non-hydrogen) atoms. The van der Waals surface area contributed by atoms with Gasteiger partial charge in [-0.3, -0.25) is 4.79 Å². The molecule has 1 aromatic rings. The van der Waals surface area contributed by atoms with Gasteiger partial charge >= 0.3 is 18.4 Å². The highest BCUT2D eigenvalue weighted by molar-refractivity contribution is 5.85. The van der Waals surface area contributed by atoms with E-state index >= 15 is 0 Å². The maximum absolute atomic E-state index is 13.6. The number of benzene rings is 1. The van der Waals surface area contributed by atoms with Gasteiger partial charge in [0.2, 0.25) is 5.91 Å². The van der Waals surface area contributed by atoms with Crippen LogP contribution in [0.4, 0.5) is 35.5 Å². The molecule has 3 rings (SSSR count). The van der Waals surface area contributed by atoms with Crippen molar-refractivity contribution in [3.63, 3.8) is 0 Å². The molecule has 1 saturated heterocycles. The zero-order valence-corrected chi connectivity index (χ0v) is 15.4. The average Bonchev–Trinajstić information content (AvgIpc) is 2.57. The zero-order chi connectivity index (χ0) is 22.3. The second-order valence-electron chi connectivity index (χ2n) is 7.41. The number of amides is 3. The van der Waals surface area contributed by atoms with Crippen LogP contribution in [0.5, 0.6) is 0 Å². The Hall–Kier alpha value is -2.53. The van der Waals surface area contributed by atoms with E-state index in [1.165, 1.54) is 0 Å². The van der Waals surface area contributed by atoms with Gasteiger partial charge in [-0.2, -0.15) is 26.3 Å². The molecule has 2 aliphatic rings. The predicted molar refractivity (Wildman–Crippen MR) is 89.5 cm³/mol. The molecule has 0 aromatic heterocycles. The van der Waals surface area contributed by atoms with Gasteiger partial charge in [-0.15, -0.1) is 0 Å². The Bertz CT molecular complexity index is 819. The van der Waals surface area contributed by atoms with Crippen LogP contribution in [0.1, 0.15) is 30.0 Å². The van der Waals surface area contributed by atoms with E-state index in [4.69, 9.17) is 0 Å². The monoisotopic (exact) mass is 441 g/mol. The highest BCUT2D eigenvalue weighted by Crippen LogP contribution is 2.49. The van der Waals surface area contributed by atoms with Gasteiger partial charge in [-0.05, 0) is 36.5 Å². The Morgan fingerprint density at radius 1 is 1.17 bits per heavy atom. The fraction of sp³-hybridized carbons (Fsp3) is 0.556. The van der Waals surface area contributed by atoms with Crippen LogP contribution >= 0.6 is 0 Å². The van der Waals surface area contributed by atoms with Crippen molar-refractivity contribution in [1.82, 2.24) is 15.5 Å². The van der Waals surface area contributed by atoms with Gasteiger partial charge in [0.25, 0.3) is 0 Å². The number of hydrogen-bond acceptors (Lipinski definition) is 2. The van der Waals surface area contributed by atoms with E-state index in [-0.39, 0.29) is 38.0 Å². The molecule has 2 fully saturated rings. The molecule has 3 amide bonds. The number of carbonyl (C=O) groups excluding carboxylic acids is 2. The van der Waals surface area contributed by atoms with E-state index in [9.17, 15) is 40.3 Å². The first-order valence-electron chi connectivity index (χ1n) is 9.11. The van der Waals surface area contributed by atoms with Crippen molar-refractivity contribution in [3.8, 4) is 0 Å². The van der Waals surface area contributed by atoms with Crippen LogP contribution < -0.4 is 10.6 Å². The van der Waals surface area contributed by atoms with Gasteiger partial charge < -0.3 is 15.5 Å². The Kier molecular flexibility index (Phi) is 5.87. The third kappa shape index (κ3) is 4.78. The number of nitrogens with one attached hydrogen (secondary N) is 2. The molecular weight excluding hydrogens is 423 g/mol. The van der Waals surface area contributed by atoms with E-state index in [1.807, 2.05) is 0 Å². The van der Waals surface area contributed by atoms with Gasteiger partial charge in [0, 0.05) is 13.1 Å². The zero-order valence-electron chi connectivity index (χ0n) is 15.4. The molecule has 0 bridgehead atoms. The van der Waals surface area contributed by atoms with Crippen molar-refractivity contribution in [2.24, 2.45) is 11.8 Å². The third-order valence-electron chi connectivity index (χ3n) is 5.37. The number of nitrogens with zero attached hydrogens (tertiary/aromatic N) is 1. The van der Waals surface area contributed by atoms with Crippen LogP contribution in [0.2, 0.25) is 0 Å². The molecule has 1 saturated carbocycles. The lowest BCUT2D eigenvalue weighted by Crippen LogP contribution is -2.54. The fourth-order valence-electron chi connectivity index (χ4n) is 3.66. The minimum absolute atomic E-state index is 0.136. The van der Waals surface area contributed by atoms with Gasteiger partial charge in [0.15, 0.2) is 0 Å². The summed E-state index contributed by atoms with van der Waals surface area (Å²) in [6.07, 6.45) is -10.2. The van der Waals surface area contributed by atoms with Crippen LogP contribution in [-0.2, 0) is 11.0 Å². The molecule has 0 spiro atoms. The molecule has 0 unspecified atom stereocenters. The minimum Gasteiger partial charge on any atom is -0.353 e. The molecule has 12 heteroatoms. The molecule has 2 N–H and O–H groups in total. The van der Waals surface area contributed by atoms with Crippen molar-refractivity contribution >= 4 is 11.9 Å².